The van der Waals surface area contributed by atoms with Gasteiger partial charge >= 0.3 is 0 Å². The fourth-order valence-corrected chi connectivity index (χ4v) is 3.69. The fourth-order valence-electron chi connectivity index (χ4n) is 3.69. The second-order valence-corrected chi connectivity index (χ2v) is 6.96. The molecule has 0 radical (unpaired) electrons. The molecule has 2 saturated heterocycles. The van der Waals surface area contributed by atoms with Crippen LogP contribution >= 0.6 is 24.0 Å². The van der Waals surface area contributed by atoms with Gasteiger partial charge in [-0.15, -0.1) is 24.0 Å². The monoisotopic (exact) mass is 477 g/mol. The average molecular weight is 477 g/mol. The number of aliphatic imine (C=N–C) groups is 1. The van der Waals surface area contributed by atoms with Crippen molar-refractivity contribution >= 4 is 29.9 Å². The first-order valence-electron chi connectivity index (χ1n) is 9.18. The van der Waals surface area contributed by atoms with Crippen LogP contribution in [0.3, 0.4) is 0 Å². The van der Waals surface area contributed by atoms with Crippen LogP contribution in [0.15, 0.2) is 29.3 Å². The summed E-state index contributed by atoms with van der Waals surface area (Å²) < 4.78 is 18.9. The molecule has 2 aliphatic rings. The summed E-state index contributed by atoms with van der Waals surface area (Å²) in [6.45, 7) is 6.32. The SMILES string of the molecule is CCNC(=NCC1(c2ccc(F)cc2)CCOCC1)N1CC[C@@H](O)C1.I. The maximum Gasteiger partial charge on any atom is 0.194 e. The van der Waals surface area contributed by atoms with Gasteiger partial charge in [0.05, 0.1) is 12.6 Å². The van der Waals surface area contributed by atoms with E-state index in [1.807, 2.05) is 19.1 Å². The van der Waals surface area contributed by atoms with Crippen molar-refractivity contribution in [3.63, 3.8) is 0 Å². The molecule has 2 aliphatic heterocycles. The zero-order valence-electron chi connectivity index (χ0n) is 15.3. The lowest BCUT2D eigenvalue weighted by molar-refractivity contribution is 0.0530. The summed E-state index contributed by atoms with van der Waals surface area (Å²) in [7, 11) is 0. The second kappa shape index (κ2) is 9.85. The molecule has 2 heterocycles. The number of aliphatic hydroxyl groups excluding tert-OH is 1. The standard InChI is InChI=1S/C19H28FN3O2.HI/c1-2-21-18(23-10-7-17(24)13-23)22-14-19(8-11-25-12-9-19)15-3-5-16(20)6-4-15;/h3-6,17,24H,2,7-14H2,1H3,(H,21,22);1H/t17-;/m1./s1. The summed E-state index contributed by atoms with van der Waals surface area (Å²) >= 11 is 0. The van der Waals surface area contributed by atoms with Crippen molar-refractivity contribution in [2.45, 2.75) is 37.7 Å². The molecule has 1 aromatic carbocycles. The lowest BCUT2D eigenvalue weighted by Crippen LogP contribution is -2.43. The Hall–Kier alpha value is -0.930. The van der Waals surface area contributed by atoms with E-state index in [0.717, 1.165) is 43.9 Å². The first-order valence-corrected chi connectivity index (χ1v) is 9.18. The number of ether oxygens (including phenoxy) is 1. The quantitative estimate of drug-likeness (QED) is 0.398. The number of nitrogens with zero attached hydrogens (tertiary/aromatic N) is 2. The number of guanidine groups is 1. The van der Waals surface area contributed by atoms with Gasteiger partial charge in [-0.2, -0.15) is 0 Å². The van der Waals surface area contributed by atoms with Crippen LogP contribution in [0.25, 0.3) is 0 Å². The third-order valence-corrected chi connectivity index (χ3v) is 5.24. The Balaban J connectivity index is 0.00000243. The van der Waals surface area contributed by atoms with Crippen molar-refractivity contribution in [3.05, 3.63) is 35.6 Å². The van der Waals surface area contributed by atoms with Crippen LogP contribution in [-0.4, -0.2) is 61.5 Å². The van der Waals surface area contributed by atoms with Crippen LogP contribution in [0, 0.1) is 5.82 Å². The number of halogens is 2. The van der Waals surface area contributed by atoms with Crippen LogP contribution in [0.5, 0.6) is 0 Å². The molecule has 0 bridgehead atoms. The molecular weight excluding hydrogens is 448 g/mol. The number of nitrogens with one attached hydrogen (secondary N) is 1. The van der Waals surface area contributed by atoms with Crippen molar-refractivity contribution in [1.29, 1.82) is 0 Å². The molecule has 3 rings (SSSR count). The average Bonchev–Trinajstić information content (AvgIpc) is 3.06. The summed E-state index contributed by atoms with van der Waals surface area (Å²) in [6.07, 6.45) is 2.26. The van der Waals surface area contributed by atoms with Crippen molar-refractivity contribution in [3.8, 4) is 0 Å². The van der Waals surface area contributed by atoms with Crippen LogP contribution in [0.1, 0.15) is 31.7 Å². The third-order valence-electron chi connectivity index (χ3n) is 5.24. The van der Waals surface area contributed by atoms with E-state index in [1.54, 1.807) is 0 Å². The van der Waals surface area contributed by atoms with Gasteiger partial charge in [0.15, 0.2) is 5.96 Å². The van der Waals surface area contributed by atoms with Crippen LogP contribution in [-0.2, 0) is 10.2 Å². The largest absolute Gasteiger partial charge is 0.391 e. The van der Waals surface area contributed by atoms with Crippen LogP contribution < -0.4 is 5.32 Å². The lowest BCUT2D eigenvalue weighted by atomic mass is 9.74. The van der Waals surface area contributed by atoms with Gasteiger partial charge in [-0.05, 0) is 43.9 Å². The molecule has 0 aromatic heterocycles. The molecule has 0 spiro atoms. The summed E-state index contributed by atoms with van der Waals surface area (Å²) in [6, 6.07) is 6.81. The minimum atomic E-state index is -0.280. The van der Waals surface area contributed by atoms with Gasteiger partial charge in [0.1, 0.15) is 5.82 Å². The maximum atomic E-state index is 13.3. The number of hydrogen-bond donors (Lipinski definition) is 2. The molecule has 0 unspecified atom stereocenters. The molecule has 7 heteroatoms. The molecule has 0 amide bonds. The van der Waals surface area contributed by atoms with E-state index in [4.69, 9.17) is 9.73 Å². The highest BCUT2D eigenvalue weighted by atomic mass is 127. The Morgan fingerprint density at radius 1 is 1.35 bits per heavy atom. The fraction of sp³-hybridized carbons (Fsp3) is 0.632. The minimum absolute atomic E-state index is 0. The van der Waals surface area contributed by atoms with Crippen molar-refractivity contribution in [2.75, 3.05) is 39.4 Å². The molecule has 1 atom stereocenters. The highest BCUT2D eigenvalue weighted by Crippen LogP contribution is 2.35. The Bertz CT molecular complexity index is 591. The van der Waals surface area contributed by atoms with Gasteiger partial charge in [-0.3, -0.25) is 4.99 Å². The highest BCUT2D eigenvalue weighted by molar-refractivity contribution is 14.0. The molecule has 26 heavy (non-hydrogen) atoms. The molecule has 146 valence electrons. The zero-order chi connectivity index (χ0) is 17.7. The number of hydrogen-bond acceptors (Lipinski definition) is 3. The molecule has 0 saturated carbocycles. The van der Waals surface area contributed by atoms with Crippen molar-refractivity contribution < 1.29 is 14.2 Å². The summed E-state index contributed by atoms with van der Waals surface area (Å²) in [5, 5.41) is 13.1. The molecule has 2 fully saturated rings. The lowest BCUT2D eigenvalue weighted by Gasteiger charge is -2.37. The van der Waals surface area contributed by atoms with Crippen LogP contribution in [0.2, 0.25) is 0 Å². The zero-order valence-corrected chi connectivity index (χ0v) is 17.6. The number of β-amino-alcohol motifs (C(OH)–C–C–N with tert-alkyl or cyclic N) is 1. The van der Waals surface area contributed by atoms with Gasteiger partial charge in [0, 0.05) is 38.3 Å². The number of aliphatic hydroxyl groups is 1. The topological polar surface area (TPSA) is 57.1 Å². The first-order chi connectivity index (χ1) is 12.1. The third kappa shape index (κ3) is 5.07. The predicted octanol–water partition coefficient (Wildman–Crippen LogP) is 2.52. The van der Waals surface area contributed by atoms with E-state index in [2.05, 4.69) is 10.2 Å². The van der Waals surface area contributed by atoms with Crippen LogP contribution in [0.4, 0.5) is 4.39 Å². The Morgan fingerprint density at radius 2 is 2.04 bits per heavy atom. The Morgan fingerprint density at radius 3 is 2.62 bits per heavy atom. The number of rotatable bonds is 4. The van der Waals surface area contributed by atoms with Crippen molar-refractivity contribution in [1.82, 2.24) is 10.2 Å². The number of likely N-dealkylation sites (tertiary alicyclic amines) is 1. The molecule has 5 nitrogen and oxygen atoms in total. The number of benzene rings is 1. The van der Waals surface area contributed by atoms with Gasteiger partial charge < -0.3 is 20.1 Å². The minimum Gasteiger partial charge on any atom is -0.391 e. The van der Waals surface area contributed by atoms with Gasteiger partial charge in [0.25, 0.3) is 0 Å². The van der Waals surface area contributed by atoms with E-state index in [9.17, 15) is 9.50 Å². The van der Waals surface area contributed by atoms with E-state index < -0.39 is 0 Å². The van der Waals surface area contributed by atoms with Crippen molar-refractivity contribution in [2.24, 2.45) is 4.99 Å². The summed E-state index contributed by atoms with van der Waals surface area (Å²) in [5.74, 6) is 0.640. The molecule has 0 aliphatic carbocycles. The van der Waals surface area contributed by atoms with Gasteiger partial charge in [-0.1, -0.05) is 12.1 Å². The highest BCUT2D eigenvalue weighted by Gasteiger charge is 2.35. The van der Waals surface area contributed by atoms with E-state index in [1.165, 1.54) is 12.1 Å². The smallest absolute Gasteiger partial charge is 0.194 e. The van der Waals surface area contributed by atoms with Gasteiger partial charge in [0.2, 0.25) is 0 Å². The van der Waals surface area contributed by atoms with E-state index in [0.29, 0.717) is 26.3 Å². The Kier molecular flexibility index (Phi) is 8.09. The maximum absolute atomic E-state index is 13.3. The summed E-state index contributed by atoms with van der Waals surface area (Å²) in [5.41, 5.74) is 1.00. The van der Waals surface area contributed by atoms with Gasteiger partial charge in [-0.25, -0.2) is 4.39 Å². The normalized spacial score (nSPS) is 22.8. The van der Waals surface area contributed by atoms with E-state index in [-0.39, 0.29) is 41.3 Å². The molecule has 1 aromatic rings. The predicted molar refractivity (Wildman–Crippen MR) is 112 cm³/mol. The first kappa shape index (κ1) is 21.4. The summed E-state index contributed by atoms with van der Waals surface area (Å²) in [4.78, 5) is 7.01. The molecule has 2 N–H and O–H groups in total. The Labute approximate surface area is 172 Å². The molecular formula is C19H29FIN3O2. The van der Waals surface area contributed by atoms with E-state index >= 15 is 0 Å². The second-order valence-electron chi connectivity index (χ2n) is 6.96.